The van der Waals surface area contributed by atoms with Gasteiger partial charge in [-0.15, -0.1) is 0 Å². The molecule has 0 aromatic carbocycles. The molecule has 1 heteroatoms. The fourth-order valence-electron chi connectivity index (χ4n) is 5.71. The van der Waals surface area contributed by atoms with E-state index in [4.69, 9.17) is 0 Å². The first-order valence-corrected chi connectivity index (χ1v) is 8.96. The zero-order valence-electron chi connectivity index (χ0n) is 12.7. The van der Waals surface area contributed by atoms with Crippen LogP contribution >= 0.6 is 0 Å². The molecule has 6 atom stereocenters. The molecule has 0 spiro atoms. The van der Waals surface area contributed by atoms with E-state index >= 15 is 0 Å². The average molecular weight is 264 g/mol. The number of rotatable bonds is 3. The number of hydrogen-bond donors (Lipinski definition) is 1. The van der Waals surface area contributed by atoms with Crippen molar-refractivity contribution in [2.24, 2.45) is 29.6 Å². The van der Waals surface area contributed by atoms with E-state index in [-0.39, 0.29) is 6.10 Å². The second kappa shape index (κ2) is 6.16. The van der Waals surface area contributed by atoms with E-state index in [9.17, 15) is 5.11 Å². The minimum atomic E-state index is 0.00983. The van der Waals surface area contributed by atoms with Gasteiger partial charge in [0, 0.05) is 0 Å². The van der Waals surface area contributed by atoms with E-state index in [0.29, 0.717) is 0 Å². The molecular weight excluding hydrogens is 232 g/mol. The fraction of sp³-hybridized carbons (Fsp3) is 1.00. The molecule has 110 valence electrons. The van der Waals surface area contributed by atoms with E-state index < -0.39 is 0 Å². The van der Waals surface area contributed by atoms with Gasteiger partial charge in [0.1, 0.15) is 0 Å². The van der Waals surface area contributed by atoms with E-state index in [2.05, 4.69) is 6.92 Å². The van der Waals surface area contributed by atoms with Gasteiger partial charge in [0.15, 0.2) is 0 Å². The molecule has 0 radical (unpaired) electrons. The highest BCUT2D eigenvalue weighted by Crippen LogP contribution is 2.50. The van der Waals surface area contributed by atoms with Crippen molar-refractivity contribution in [3.05, 3.63) is 0 Å². The van der Waals surface area contributed by atoms with Crippen LogP contribution in [0, 0.1) is 29.6 Å². The van der Waals surface area contributed by atoms with E-state index in [1.807, 2.05) is 0 Å². The Balaban J connectivity index is 1.62. The number of fused-ring (bicyclic) bond motifs is 1. The van der Waals surface area contributed by atoms with Crippen molar-refractivity contribution in [2.75, 3.05) is 0 Å². The van der Waals surface area contributed by atoms with Gasteiger partial charge in [0.05, 0.1) is 6.10 Å². The topological polar surface area (TPSA) is 20.2 Å². The molecule has 0 bridgehead atoms. The van der Waals surface area contributed by atoms with Crippen LogP contribution in [0.15, 0.2) is 0 Å². The highest BCUT2D eigenvalue weighted by molar-refractivity contribution is 4.91. The van der Waals surface area contributed by atoms with Crippen molar-refractivity contribution in [2.45, 2.75) is 83.7 Å². The van der Waals surface area contributed by atoms with Gasteiger partial charge < -0.3 is 5.11 Å². The molecule has 3 rings (SSSR count). The summed E-state index contributed by atoms with van der Waals surface area (Å²) in [5.41, 5.74) is 0. The molecule has 1 N–H and O–H groups in total. The molecule has 19 heavy (non-hydrogen) atoms. The van der Waals surface area contributed by atoms with Crippen molar-refractivity contribution >= 4 is 0 Å². The van der Waals surface area contributed by atoms with Crippen LogP contribution < -0.4 is 0 Å². The normalized spacial score (nSPS) is 47.1. The first kappa shape index (κ1) is 13.9. The van der Waals surface area contributed by atoms with Crippen molar-refractivity contribution < 1.29 is 5.11 Å². The summed E-state index contributed by atoms with van der Waals surface area (Å²) in [6, 6.07) is 0. The van der Waals surface area contributed by atoms with Crippen LogP contribution in [-0.4, -0.2) is 11.2 Å². The summed E-state index contributed by atoms with van der Waals surface area (Å²) in [6.45, 7) is 2.31. The zero-order valence-corrected chi connectivity index (χ0v) is 12.7. The SMILES string of the molecule is CCCC1C[C@H](O)CCC1C1CCC2CCCC2C1. The highest BCUT2D eigenvalue weighted by Gasteiger charge is 2.40. The van der Waals surface area contributed by atoms with Gasteiger partial charge in [-0.1, -0.05) is 39.0 Å². The van der Waals surface area contributed by atoms with Gasteiger partial charge in [-0.25, -0.2) is 0 Å². The fourth-order valence-corrected chi connectivity index (χ4v) is 5.71. The van der Waals surface area contributed by atoms with Gasteiger partial charge in [0.2, 0.25) is 0 Å². The largest absolute Gasteiger partial charge is 0.393 e. The summed E-state index contributed by atoms with van der Waals surface area (Å²) in [4.78, 5) is 0. The summed E-state index contributed by atoms with van der Waals surface area (Å²) in [6.07, 6.45) is 15.3. The quantitative estimate of drug-likeness (QED) is 0.777. The average Bonchev–Trinajstić information content (AvgIpc) is 2.86. The van der Waals surface area contributed by atoms with Crippen molar-refractivity contribution in [1.82, 2.24) is 0 Å². The predicted molar refractivity (Wildman–Crippen MR) is 79.9 cm³/mol. The van der Waals surface area contributed by atoms with Crippen molar-refractivity contribution in [3.8, 4) is 0 Å². The highest BCUT2D eigenvalue weighted by atomic mass is 16.3. The Bertz CT molecular complexity index is 287. The molecule has 0 saturated heterocycles. The van der Waals surface area contributed by atoms with Crippen LogP contribution in [0.4, 0.5) is 0 Å². The Morgan fingerprint density at radius 2 is 1.63 bits per heavy atom. The van der Waals surface area contributed by atoms with E-state index in [1.54, 1.807) is 0 Å². The maximum absolute atomic E-state index is 9.97. The Morgan fingerprint density at radius 1 is 0.842 bits per heavy atom. The molecule has 0 heterocycles. The molecule has 5 unspecified atom stereocenters. The summed E-state index contributed by atoms with van der Waals surface area (Å²) in [7, 11) is 0. The smallest absolute Gasteiger partial charge is 0.0543 e. The standard InChI is InChI=1S/C18H32O/c1-2-4-15-12-17(19)9-10-18(15)16-8-7-13-5-3-6-14(13)11-16/h13-19H,2-12H2,1H3/t13?,14?,15?,16?,17-,18?/m1/s1. The molecule has 3 aliphatic rings. The minimum Gasteiger partial charge on any atom is -0.393 e. The molecule has 0 aromatic rings. The molecule has 0 aromatic heterocycles. The first-order valence-electron chi connectivity index (χ1n) is 8.96. The van der Waals surface area contributed by atoms with Gasteiger partial charge in [0.25, 0.3) is 0 Å². The molecule has 3 saturated carbocycles. The summed E-state index contributed by atoms with van der Waals surface area (Å²) >= 11 is 0. The maximum Gasteiger partial charge on any atom is 0.0543 e. The lowest BCUT2D eigenvalue weighted by Gasteiger charge is -2.43. The second-order valence-corrected chi connectivity index (χ2v) is 7.70. The third kappa shape index (κ3) is 3.01. The lowest BCUT2D eigenvalue weighted by molar-refractivity contribution is 0.0213. The van der Waals surface area contributed by atoms with Crippen LogP contribution in [0.3, 0.4) is 0 Å². The third-order valence-electron chi connectivity index (χ3n) is 6.61. The number of aliphatic hydroxyl groups is 1. The maximum atomic E-state index is 9.97. The summed E-state index contributed by atoms with van der Waals surface area (Å²) < 4.78 is 0. The monoisotopic (exact) mass is 264 g/mol. The number of hydrogen-bond acceptors (Lipinski definition) is 1. The van der Waals surface area contributed by atoms with E-state index in [0.717, 1.165) is 42.4 Å². The van der Waals surface area contributed by atoms with Gasteiger partial charge >= 0.3 is 0 Å². The molecule has 3 aliphatic carbocycles. The van der Waals surface area contributed by atoms with E-state index in [1.165, 1.54) is 57.8 Å². The molecule has 1 nitrogen and oxygen atoms in total. The van der Waals surface area contributed by atoms with Crippen LogP contribution in [0.25, 0.3) is 0 Å². The Hall–Kier alpha value is -0.0400. The lowest BCUT2D eigenvalue weighted by atomic mass is 9.63. The van der Waals surface area contributed by atoms with Crippen molar-refractivity contribution in [1.29, 1.82) is 0 Å². The Labute approximate surface area is 119 Å². The molecule has 0 aliphatic heterocycles. The Kier molecular flexibility index (Phi) is 4.51. The molecule has 0 amide bonds. The van der Waals surface area contributed by atoms with Crippen LogP contribution in [-0.2, 0) is 0 Å². The lowest BCUT2D eigenvalue weighted by Crippen LogP contribution is -2.35. The zero-order chi connectivity index (χ0) is 13.2. The minimum absolute atomic E-state index is 0.00983. The summed E-state index contributed by atoms with van der Waals surface area (Å²) in [5, 5.41) is 9.97. The molecular formula is C18H32O. The third-order valence-corrected chi connectivity index (χ3v) is 6.61. The van der Waals surface area contributed by atoms with Gasteiger partial charge in [-0.2, -0.15) is 0 Å². The predicted octanol–water partition coefficient (Wildman–Crippen LogP) is 4.78. The van der Waals surface area contributed by atoms with Crippen LogP contribution in [0.5, 0.6) is 0 Å². The van der Waals surface area contributed by atoms with Crippen LogP contribution in [0.2, 0.25) is 0 Å². The van der Waals surface area contributed by atoms with Gasteiger partial charge in [-0.3, -0.25) is 0 Å². The second-order valence-electron chi connectivity index (χ2n) is 7.70. The first-order chi connectivity index (χ1) is 9.28. The van der Waals surface area contributed by atoms with Crippen molar-refractivity contribution in [3.63, 3.8) is 0 Å². The Morgan fingerprint density at radius 3 is 2.47 bits per heavy atom. The molecule has 3 fully saturated rings. The number of aliphatic hydroxyl groups excluding tert-OH is 1. The van der Waals surface area contributed by atoms with Crippen LogP contribution in [0.1, 0.15) is 77.6 Å². The van der Waals surface area contributed by atoms with Gasteiger partial charge in [-0.05, 0) is 68.1 Å². The summed E-state index contributed by atoms with van der Waals surface area (Å²) in [5.74, 6) is 4.95.